The van der Waals surface area contributed by atoms with Crippen LogP contribution in [0.5, 0.6) is 0 Å². The second-order valence-corrected chi connectivity index (χ2v) is 3.27. The summed E-state index contributed by atoms with van der Waals surface area (Å²) in [5.74, 6) is -0.790. The van der Waals surface area contributed by atoms with E-state index >= 15 is 0 Å². The van der Waals surface area contributed by atoms with Crippen molar-refractivity contribution in [2.45, 2.75) is 20.3 Å². The van der Waals surface area contributed by atoms with Crippen LogP contribution in [0.4, 0.5) is 4.39 Å². The second kappa shape index (κ2) is 4.13. The zero-order valence-corrected chi connectivity index (χ0v) is 8.13. The summed E-state index contributed by atoms with van der Waals surface area (Å²) < 4.78 is 12.8. The van der Waals surface area contributed by atoms with Crippen molar-refractivity contribution in [1.29, 1.82) is 0 Å². The minimum Gasteiger partial charge on any atom is -0.300 e. The molecule has 0 amide bonds. The molecule has 0 saturated carbocycles. The van der Waals surface area contributed by atoms with Gasteiger partial charge in [-0.15, -0.1) is 0 Å². The first-order valence-corrected chi connectivity index (χ1v) is 4.29. The van der Waals surface area contributed by atoms with E-state index in [4.69, 9.17) is 0 Å². The van der Waals surface area contributed by atoms with Crippen LogP contribution in [-0.4, -0.2) is 11.6 Å². The number of Topliss-reactive ketones (excluding diaryl/α,β-unsaturated/α-hetero) is 2. The van der Waals surface area contributed by atoms with Crippen molar-refractivity contribution in [2.75, 3.05) is 0 Å². The Bertz CT molecular complexity index is 383. The van der Waals surface area contributed by atoms with E-state index in [9.17, 15) is 14.0 Å². The summed E-state index contributed by atoms with van der Waals surface area (Å²) in [5.41, 5.74) is 0.804. The Hall–Kier alpha value is -1.51. The molecule has 1 rings (SSSR count). The summed E-state index contributed by atoms with van der Waals surface area (Å²) in [6.45, 7) is 2.94. The Morgan fingerprint density at radius 1 is 1.36 bits per heavy atom. The second-order valence-electron chi connectivity index (χ2n) is 3.27. The van der Waals surface area contributed by atoms with Gasteiger partial charge in [-0.05, 0) is 37.6 Å². The monoisotopic (exact) mass is 194 g/mol. The Morgan fingerprint density at radius 2 is 2.00 bits per heavy atom. The van der Waals surface area contributed by atoms with Gasteiger partial charge < -0.3 is 0 Å². The normalized spacial score (nSPS) is 9.93. The molecule has 0 unspecified atom stereocenters. The van der Waals surface area contributed by atoms with Crippen LogP contribution in [0.1, 0.15) is 29.3 Å². The first-order valence-electron chi connectivity index (χ1n) is 4.29. The molecule has 0 heterocycles. The van der Waals surface area contributed by atoms with Gasteiger partial charge in [0.1, 0.15) is 11.6 Å². The molecular weight excluding hydrogens is 183 g/mol. The van der Waals surface area contributed by atoms with E-state index < -0.39 is 0 Å². The largest absolute Gasteiger partial charge is 0.300 e. The van der Waals surface area contributed by atoms with Gasteiger partial charge in [-0.3, -0.25) is 9.59 Å². The van der Waals surface area contributed by atoms with E-state index in [0.717, 1.165) is 0 Å². The fourth-order valence-electron chi connectivity index (χ4n) is 1.15. The quantitative estimate of drug-likeness (QED) is 0.546. The molecule has 0 fully saturated rings. The van der Waals surface area contributed by atoms with Crippen LogP contribution in [0, 0.1) is 12.7 Å². The summed E-state index contributed by atoms with van der Waals surface area (Å²) >= 11 is 0. The number of ketones is 2. The summed E-state index contributed by atoms with van der Waals surface area (Å²) in [4.78, 5) is 22.1. The third-order valence-electron chi connectivity index (χ3n) is 1.89. The molecule has 3 heteroatoms. The fourth-order valence-corrected chi connectivity index (χ4v) is 1.15. The van der Waals surface area contributed by atoms with Gasteiger partial charge in [-0.25, -0.2) is 4.39 Å². The smallest absolute Gasteiger partial charge is 0.170 e. The summed E-state index contributed by atoms with van der Waals surface area (Å²) in [5, 5.41) is 0. The number of rotatable bonds is 3. The fraction of sp³-hybridized carbons (Fsp3) is 0.273. The van der Waals surface area contributed by atoms with Crippen molar-refractivity contribution < 1.29 is 14.0 Å². The topological polar surface area (TPSA) is 34.1 Å². The molecule has 0 N–H and O–H groups in total. The van der Waals surface area contributed by atoms with E-state index in [1.807, 2.05) is 0 Å². The van der Waals surface area contributed by atoms with Crippen molar-refractivity contribution in [2.24, 2.45) is 0 Å². The third-order valence-corrected chi connectivity index (χ3v) is 1.89. The highest BCUT2D eigenvalue weighted by atomic mass is 19.1. The first kappa shape index (κ1) is 10.6. The van der Waals surface area contributed by atoms with Gasteiger partial charge in [0.25, 0.3) is 0 Å². The van der Waals surface area contributed by atoms with Crippen molar-refractivity contribution in [3.8, 4) is 0 Å². The summed E-state index contributed by atoms with van der Waals surface area (Å²) in [7, 11) is 0. The number of hydrogen-bond donors (Lipinski definition) is 0. The highest BCUT2D eigenvalue weighted by Gasteiger charge is 2.09. The molecule has 0 bridgehead atoms. The molecule has 14 heavy (non-hydrogen) atoms. The molecule has 0 radical (unpaired) electrons. The van der Waals surface area contributed by atoms with E-state index in [2.05, 4.69) is 0 Å². The van der Waals surface area contributed by atoms with Gasteiger partial charge in [0.15, 0.2) is 5.78 Å². The average molecular weight is 194 g/mol. The lowest BCUT2D eigenvalue weighted by atomic mass is 10.0. The Balaban J connectivity index is 2.91. The van der Waals surface area contributed by atoms with E-state index in [1.165, 1.54) is 25.1 Å². The van der Waals surface area contributed by atoms with Gasteiger partial charge in [-0.1, -0.05) is 0 Å². The van der Waals surface area contributed by atoms with Crippen LogP contribution >= 0.6 is 0 Å². The molecule has 1 aromatic carbocycles. The molecular formula is C11H11FO2. The molecule has 1 aromatic rings. The summed E-state index contributed by atoms with van der Waals surface area (Å²) in [6, 6.07) is 4.09. The third kappa shape index (κ3) is 2.49. The summed E-state index contributed by atoms with van der Waals surface area (Å²) in [6.07, 6.45) is -0.120. The van der Waals surface area contributed by atoms with Crippen molar-refractivity contribution in [3.05, 3.63) is 35.1 Å². The molecule has 0 aliphatic heterocycles. The number of benzene rings is 1. The van der Waals surface area contributed by atoms with Crippen LogP contribution in [0.25, 0.3) is 0 Å². The van der Waals surface area contributed by atoms with Crippen LogP contribution in [0.3, 0.4) is 0 Å². The zero-order valence-electron chi connectivity index (χ0n) is 8.13. The van der Waals surface area contributed by atoms with E-state index in [-0.39, 0.29) is 23.8 Å². The molecule has 0 saturated heterocycles. The lowest BCUT2D eigenvalue weighted by Crippen LogP contribution is -2.05. The predicted octanol–water partition coefficient (Wildman–Crippen LogP) is 2.30. The van der Waals surface area contributed by atoms with Gasteiger partial charge in [0.2, 0.25) is 0 Å². The maximum Gasteiger partial charge on any atom is 0.170 e. The molecule has 0 aromatic heterocycles. The van der Waals surface area contributed by atoms with Gasteiger partial charge in [-0.2, -0.15) is 0 Å². The minimum atomic E-state index is -0.343. The lowest BCUT2D eigenvalue weighted by Gasteiger charge is -2.00. The standard InChI is InChI=1S/C11H11FO2/c1-7-5-9(3-4-10(7)12)11(14)6-8(2)13/h3-5H,6H2,1-2H3. The molecule has 2 nitrogen and oxygen atoms in total. The maximum absolute atomic E-state index is 12.8. The predicted molar refractivity (Wildman–Crippen MR) is 50.8 cm³/mol. The number of carbonyl (C=O) groups is 2. The van der Waals surface area contributed by atoms with Crippen molar-refractivity contribution in [1.82, 2.24) is 0 Å². The lowest BCUT2D eigenvalue weighted by molar-refractivity contribution is -0.116. The highest BCUT2D eigenvalue weighted by molar-refractivity contribution is 6.07. The Labute approximate surface area is 81.7 Å². The number of halogens is 1. The Morgan fingerprint density at radius 3 is 2.50 bits per heavy atom. The van der Waals surface area contributed by atoms with Gasteiger partial charge in [0, 0.05) is 5.56 Å². The van der Waals surface area contributed by atoms with Crippen LogP contribution in [0.2, 0.25) is 0 Å². The minimum absolute atomic E-state index is 0.120. The maximum atomic E-state index is 12.8. The molecule has 0 aliphatic carbocycles. The number of aryl methyl sites for hydroxylation is 1. The van der Waals surface area contributed by atoms with Gasteiger partial charge >= 0.3 is 0 Å². The van der Waals surface area contributed by atoms with Crippen molar-refractivity contribution in [3.63, 3.8) is 0 Å². The molecule has 74 valence electrons. The molecule has 0 spiro atoms. The SMILES string of the molecule is CC(=O)CC(=O)c1ccc(F)c(C)c1. The van der Waals surface area contributed by atoms with Crippen LogP contribution in [0.15, 0.2) is 18.2 Å². The number of hydrogen-bond acceptors (Lipinski definition) is 2. The van der Waals surface area contributed by atoms with E-state index in [0.29, 0.717) is 11.1 Å². The Kier molecular flexibility index (Phi) is 3.12. The highest BCUT2D eigenvalue weighted by Crippen LogP contribution is 2.11. The van der Waals surface area contributed by atoms with Gasteiger partial charge in [0.05, 0.1) is 6.42 Å². The van der Waals surface area contributed by atoms with Crippen molar-refractivity contribution >= 4 is 11.6 Å². The van der Waals surface area contributed by atoms with Crippen LogP contribution < -0.4 is 0 Å². The van der Waals surface area contributed by atoms with Crippen LogP contribution in [-0.2, 0) is 4.79 Å². The average Bonchev–Trinajstić information content (AvgIpc) is 2.08. The number of carbonyl (C=O) groups excluding carboxylic acids is 2. The molecule has 0 aliphatic rings. The van der Waals surface area contributed by atoms with E-state index in [1.54, 1.807) is 6.92 Å². The zero-order chi connectivity index (χ0) is 10.7. The molecule has 0 atom stereocenters. The first-order chi connectivity index (χ1) is 6.50.